The third kappa shape index (κ3) is 6.12. The van der Waals surface area contributed by atoms with E-state index in [1.807, 2.05) is 6.26 Å². The maximum Gasteiger partial charge on any atom is 0.269 e. The van der Waals surface area contributed by atoms with Crippen LogP contribution in [0, 0.1) is 0 Å². The average molecular weight is 476 g/mol. The van der Waals surface area contributed by atoms with Crippen molar-refractivity contribution in [1.29, 1.82) is 0 Å². The number of rotatable bonds is 9. The van der Waals surface area contributed by atoms with Gasteiger partial charge in [-0.1, -0.05) is 18.2 Å². The molecule has 2 aromatic carbocycles. The van der Waals surface area contributed by atoms with E-state index < -0.39 is 27.9 Å². The van der Waals surface area contributed by atoms with Crippen molar-refractivity contribution in [2.45, 2.75) is 17.4 Å². The number of nitrogens with one attached hydrogen (secondary N) is 3. The molecule has 168 valence electrons. The van der Waals surface area contributed by atoms with Gasteiger partial charge < -0.3 is 0 Å². The van der Waals surface area contributed by atoms with Crippen molar-refractivity contribution in [2.75, 3.05) is 12.0 Å². The first-order valence-electron chi connectivity index (χ1n) is 9.40. The molecular weight excluding hydrogens is 454 g/mol. The molecule has 1 atom stereocenters. The molecule has 0 bridgehead atoms. The zero-order chi connectivity index (χ0) is 23.0. The van der Waals surface area contributed by atoms with Gasteiger partial charge in [0, 0.05) is 5.56 Å². The Morgan fingerprint density at radius 2 is 1.78 bits per heavy atom. The molecule has 0 fully saturated rings. The monoisotopic (exact) mass is 475 g/mol. The Morgan fingerprint density at radius 3 is 2.41 bits per heavy atom. The van der Waals surface area contributed by atoms with Crippen LogP contribution in [0.4, 0.5) is 0 Å². The van der Waals surface area contributed by atoms with Crippen LogP contribution in [0.2, 0.25) is 0 Å². The number of benzene rings is 2. The number of carbonyl (C=O) groups is 2. The second kappa shape index (κ2) is 10.8. The van der Waals surface area contributed by atoms with Crippen LogP contribution in [0.1, 0.15) is 16.8 Å². The molecule has 11 nitrogen and oxygen atoms in total. The van der Waals surface area contributed by atoms with Gasteiger partial charge in [0.2, 0.25) is 10.0 Å². The van der Waals surface area contributed by atoms with Gasteiger partial charge in [-0.25, -0.2) is 13.1 Å². The van der Waals surface area contributed by atoms with Gasteiger partial charge in [-0.15, -0.1) is 5.10 Å². The number of hydrogen-bond acceptors (Lipinski definition) is 8. The molecule has 2 amide bonds. The number of hydrogen-bond donors (Lipinski definition) is 3. The lowest BCUT2D eigenvalue weighted by Gasteiger charge is -2.18. The quantitative estimate of drug-likeness (QED) is 0.380. The molecule has 1 heterocycles. The summed E-state index contributed by atoms with van der Waals surface area (Å²) in [6.45, 7) is 0. The number of thioether (sulfide) groups is 1. The van der Waals surface area contributed by atoms with E-state index in [2.05, 4.69) is 31.1 Å². The van der Waals surface area contributed by atoms with Crippen LogP contribution in [0.15, 0.2) is 65.8 Å². The van der Waals surface area contributed by atoms with E-state index in [-0.39, 0.29) is 16.9 Å². The first-order valence-corrected chi connectivity index (χ1v) is 12.3. The fourth-order valence-electron chi connectivity index (χ4n) is 2.66. The van der Waals surface area contributed by atoms with Gasteiger partial charge in [0.05, 0.1) is 10.6 Å². The van der Waals surface area contributed by atoms with Crippen molar-refractivity contribution in [3.63, 3.8) is 0 Å². The third-order valence-electron chi connectivity index (χ3n) is 4.32. The number of sulfonamides is 1. The van der Waals surface area contributed by atoms with Crippen LogP contribution in [0.5, 0.6) is 0 Å². The SMILES string of the molecule is CSCCC(NS(=O)(=O)c1ccccc1)C(=O)NNC(=O)c1ccc(-n2cnnn2)cc1. The molecule has 3 aromatic rings. The van der Waals surface area contributed by atoms with Gasteiger partial charge in [-0.2, -0.15) is 16.5 Å². The van der Waals surface area contributed by atoms with E-state index in [1.54, 1.807) is 42.5 Å². The topological polar surface area (TPSA) is 148 Å². The first-order chi connectivity index (χ1) is 15.4. The lowest BCUT2D eigenvalue weighted by molar-refractivity contribution is -0.123. The van der Waals surface area contributed by atoms with Crippen molar-refractivity contribution >= 4 is 33.6 Å². The molecule has 3 rings (SSSR count). The van der Waals surface area contributed by atoms with E-state index in [0.29, 0.717) is 11.4 Å². The summed E-state index contributed by atoms with van der Waals surface area (Å²) in [5.74, 6) is -0.685. The van der Waals surface area contributed by atoms with Crippen molar-refractivity contribution in [1.82, 2.24) is 35.8 Å². The summed E-state index contributed by atoms with van der Waals surface area (Å²) < 4.78 is 29.0. The second-order valence-electron chi connectivity index (χ2n) is 6.51. The molecule has 0 radical (unpaired) electrons. The molecule has 1 aromatic heterocycles. The van der Waals surface area contributed by atoms with Crippen LogP contribution in [0.25, 0.3) is 5.69 Å². The zero-order valence-corrected chi connectivity index (χ0v) is 18.6. The van der Waals surface area contributed by atoms with Crippen molar-refractivity contribution < 1.29 is 18.0 Å². The van der Waals surface area contributed by atoms with Crippen molar-refractivity contribution in [3.05, 3.63) is 66.5 Å². The summed E-state index contributed by atoms with van der Waals surface area (Å²) in [7, 11) is -3.90. The van der Waals surface area contributed by atoms with E-state index in [4.69, 9.17) is 0 Å². The van der Waals surface area contributed by atoms with Gasteiger partial charge in [0.25, 0.3) is 11.8 Å². The Hall–Kier alpha value is -3.29. The zero-order valence-electron chi connectivity index (χ0n) is 17.0. The van der Waals surface area contributed by atoms with Gasteiger partial charge in [-0.05, 0) is 65.3 Å². The fourth-order valence-corrected chi connectivity index (χ4v) is 4.38. The highest BCUT2D eigenvalue weighted by molar-refractivity contribution is 7.98. The third-order valence-corrected chi connectivity index (χ3v) is 6.45. The van der Waals surface area contributed by atoms with Crippen LogP contribution in [0.3, 0.4) is 0 Å². The van der Waals surface area contributed by atoms with Gasteiger partial charge >= 0.3 is 0 Å². The maximum atomic E-state index is 12.6. The lowest BCUT2D eigenvalue weighted by Crippen LogP contribution is -2.52. The Balaban J connectivity index is 1.62. The summed E-state index contributed by atoms with van der Waals surface area (Å²) in [5, 5.41) is 10.8. The number of nitrogens with zero attached hydrogens (tertiary/aromatic N) is 4. The van der Waals surface area contributed by atoms with E-state index in [9.17, 15) is 18.0 Å². The molecule has 32 heavy (non-hydrogen) atoms. The van der Waals surface area contributed by atoms with E-state index in [0.717, 1.165) is 0 Å². The highest BCUT2D eigenvalue weighted by Crippen LogP contribution is 2.11. The molecule has 3 N–H and O–H groups in total. The molecule has 0 saturated carbocycles. The summed E-state index contributed by atoms with van der Waals surface area (Å²) in [5.41, 5.74) is 5.54. The molecule has 0 aliphatic rings. The smallest absolute Gasteiger partial charge is 0.269 e. The summed E-state index contributed by atoms with van der Waals surface area (Å²) in [6.07, 6.45) is 3.51. The minimum atomic E-state index is -3.90. The Bertz CT molecular complexity index is 1140. The van der Waals surface area contributed by atoms with Crippen molar-refractivity contribution in [2.24, 2.45) is 0 Å². The van der Waals surface area contributed by atoms with Gasteiger partial charge in [0.15, 0.2) is 0 Å². The largest absolute Gasteiger partial charge is 0.271 e. The minimum Gasteiger partial charge on any atom is -0.271 e. The Kier molecular flexibility index (Phi) is 7.92. The maximum absolute atomic E-state index is 12.6. The Labute approximate surface area is 189 Å². The highest BCUT2D eigenvalue weighted by Gasteiger charge is 2.25. The molecule has 0 aliphatic heterocycles. The lowest BCUT2D eigenvalue weighted by atomic mass is 10.2. The molecule has 0 spiro atoms. The molecule has 0 aliphatic carbocycles. The van der Waals surface area contributed by atoms with E-state index >= 15 is 0 Å². The van der Waals surface area contributed by atoms with Crippen molar-refractivity contribution in [3.8, 4) is 5.69 Å². The molecule has 13 heteroatoms. The fraction of sp³-hybridized carbons (Fsp3) is 0.211. The molecule has 0 saturated heterocycles. The summed E-state index contributed by atoms with van der Waals surface area (Å²) in [4.78, 5) is 25.0. The Morgan fingerprint density at radius 1 is 1.06 bits per heavy atom. The minimum absolute atomic E-state index is 0.0497. The van der Waals surface area contributed by atoms with E-state index in [1.165, 1.54) is 34.9 Å². The van der Waals surface area contributed by atoms with Crippen LogP contribution in [-0.4, -0.2) is 58.5 Å². The van der Waals surface area contributed by atoms with Gasteiger partial charge in [0.1, 0.15) is 12.4 Å². The number of carbonyl (C=O) groups excluding carboxylic acids is 2. The second-order valence-corrected chi connectivity index (χ2v) is 9.21. The summed E-state index contributed by atoms with van der Waals surface area (Å²) in [6, 6.07) is 13.1. The van der Waals surface area contributed by atoms with Crippen LogP contribution >= 0.6 is 11.8 Å². The standard InChI is InChI=1S/C19H21N7O4S2/c1-31-12-11-17(23-32(29,30)16-5-3-2-4-6-16)19(28)22-21-18(27)14-7-9-15(10-8-14)26-13-20-24-25-26/h2-10,13,17,23H,11-12H2,1H3,(H,21,27)(H,22,28). The number of aromatic nitrogens is 4. The summed E-state index contributed by atoms with van der Waals surface area (Å²) >= 11 is 1.47. The predicted molar refractivity (Wildman–Crippen MR) is 118 cm³/mol. The highest BCUT2D eigenvalue weighted by atomic mass is 32.2. The molecular formula is C19H21N7O4S2. The number of hydrazine groups is 1. The van der Waals surface area contributed by atoms with Crippen LogP contribution in [-0.2, 0) is 14.8 Å². The van der Waals surface area contributed by atoms with Crippen LogP contribution < -0.4 is 15.6 Å². The average Bonchev–Trinajstić information content (AvgIpc) is 3.35. The first kappa shape index (κ1) is 23.4. The predicted octanol–water partition coefficient (Wildman–Crippen LogP) is 0.524. The molecule has 1 unspecified atom stereocenters. The van der Waals surface area contributed by atoms with Gasteiger partial charge in [-0.3, -0.25) is 20.4 Å². The number of tetrazole rings is 1. The number of amides is 2. The normalized spacial score (nSPS) is 12.2.